The van der Waals surface area contributed by atoms with Crippen molar-refractivity contribution in [3.05, 3.63) is 70.5 Å². The standard InChI is InChI=1S/C22H22ClN5O3S/c1-22(2,3)21-15(12-24)13-28(27-21)18-9-8-16(11-19(18)32(25,30)31)26-20(29)10-14-6-4-5-7-17(14)23/h4-9,11,13H,10H2,1-3H3,(H,26,29)(H2,25,30,31). The Kier molecular flexibility index (Phi) is 6.41. The van der Waals surface area contributed by atoms with E-state index in [-0.39, 0.29) is 28.6 Å². The van der Waals surface area contributed by atoms with Gasteiger partial charge in [0.1, 0.15) is 11.0 Å². The molecular formula is C22H22ClN5O3S. The van der Waals surface area contributed by atoms with Gasteiger partial charge < -0.3 is 5.32 Å². The second-order valence-corrected chi connectivity index (χ2v) is 10.2. The fourth-order valence-electron chi connectivity index (χ4n) is 3.16. The van der Waals surface area contributed by atoms with Gasteiger partial charge in [-0.15, -0.1) is 0 Å². The number of rotatable bonds is 5. The molecule has 0 saturated heterocycles. The Balaban J connectivity index is 1.98. The molecule has 0 radical (unpaired) electrons. The van der Waals surface area contributed by atoms with Crippen LogP contribution in [0.3, 0.4) is 0 Å². The summed E-state index contributed by atoms with van der Waals surface area (Å²) in [4.78, 5) is 12.2. The van der Waals surface area contributed by atoms with Crippen molar-refractivity contribution in [2.45, 2.75) is 37.5 Å². The van der Waals surface area contributed by atoms with Crippen LogP contribution in [-0.2, 0) is 26.7 Å². The van der Waals surface area contributed by atoms with Crippen LogP contribution in [0.5, 0.6) is 0 Å². The number of benzene rings is 2. The first kappa shape index (κ1) is 23.5. The first-order valence-electron chi connectivity index (χ1n) is 9.61. The molecule has 0 bridgehead atoms. The maximum Gasteiger partial charge on any atom is 0.240 e. The Morgan fingerprint density at radius 1 is 1.25 bits per heavy atom. The monoisotopic (exact) mass is 471 g/mol. The van der Waals surface area contributed by atoms with Crippen LogP contribution < -0.4 is 10.5 Å². The highest BCUT2D eigenvalue weighted by molar-refractivity contribution is 7.89. The molecule has 1 amide bonds. The van der Waals surface area contributed by atoms with Crippen LogP contribution in [0.15, 0.2) is 53.6 Å². The van der Waals surface area contributed by atoms with Crippen LogP contribution in [0.2, 0.25) is 5.02 Å². The van der Waals surface area contributed by atoms with Crippen LogP contribution >= 0.6 is 11.6 Å². The van der Waals surface area contributed by atoms with E-state index in [0.29, 0.717) is 21.8 Å². The Labute approximate surface area is 191 Å². The molecule has 1 heterocycles. The van der Waals surface area contributed by atoms with Gasteiger partial charge in [0.05, 0.1) is 23.4 Å². The minimum Gasteiger partial charge on any atom is -0.326 e. The Morgan fingerprint density at radius 2 is 1.94 bits per heavy atom. The normalized spacial score (nSPS) is 11.8. The van der Waals surface area contributed by atoms with E-state index in [2.05, 4.69) is 16.5 Å². The summed E-state index contributed by atoms with van der Waals surface area (Å²) in [5.41, 5.74) is 1.49. The fourth-order valence-corrected chi connectivity index (χ4v) is 4.11. The summed E-state index contributed by atoms with van der Waals surface area (Å²) < 4.78 is 25.9. The van der Waals surface area contributed by atoms with Crippen molar-refractivity contribution in [3.63, 3.8) is 0 Å². The summed E-state index contributed by atoms with van der Waals surface area (Å²) in [6.07, 6.45) is 1.48. The van der Waals surface area contributed by atoms with E-state index >= 15 is 0 Å². The van der Waals surface area contributed by atoms with E-state index in [1.165, 1.54) is 23.0 Å². The first-order valence-corrected chi connectivity index (χ1v) is 11.5. The molecule has 1 aromatic heterocycles. The summed E-state index contributed by atoms with van der Waals surface area (Å²) in [5, 5.41) is 22.4. The summed E-state index contributed by atoms with van der Waals surface area (Å²) in [6.45, 7) is 5.70. The molecule has 32 heavy (non-hydrogen) atoms. The van der Waals surface area contributed by atoms with Crippen LogP contribution in [-0.4, -0.2) is 24.1 Å². The number of nitriles is 1. The van der Waals surface area contributed by atoms with Crippen LogP contribution in [0, 0.1) is 11.3 Å². The number of sulfonamides is 1. The van der Waals surface area contributed by atoms with Gasteiger partial charge in [0.25, 0.3) is 0 Å². The number of nitrogens with zero attached hydrogens (tertiary/aromatic N) is 3. The van der Waals surface area contributed by atoms with Crippen molar-refractivity contribution >= 4 is 33.2 Å². The minimum absolute atomic E-state index is 0.0196. The van der Waals surface area contributed by atoms with E-state index in [1.54, 1.807) is 30.3 Å². The van der Waals surface area contributed by atoms with Crippen LogP contribution in [0.25, 0.3) is 5.69 Å². The smallest absolute Gasteiger partial charge is 0.240 e. The van der Waals surface area contributed by atoms with Crippen molar-refractivity contribution in [1.29, 1.82) is 5.26 Å². The summed E-state index contributed by atoms with van der Waals surface area (Å²) >= 11 is 6.10. The lowest BCUT2D eigenvalue weighted by Gasteiger charge is -2.15. The number of primary sulfonamides is 1. The predicted molar refractivity (Wildman–Crippen MR) is 122 cm³/mol. The maximum atomic E-state index is 12.4. The third-order valence-corrected chi connectivity index (χ3v) is 5.96. The van der Waals surface area contributed by atoms with E-state index in [1.807, 2.05) is 20.8 Å². The summed E-state index contributed by atoms with van der Waals surface area (Å²) in [6, 6.07) is 13.3. The lowest BCUT2D eigenvalue weighted by Crippen LogP contribution is -2.19. The quantitative estimate of drug-likeness (QED) is 0.587. The van der Waals surface area contributed by atoms with E-state index in [4.69, 9.17) is 16.7 Å². The molecule has 0 atom stereocenters. The maximum absolute atomic E-state index is 12.4. The van der Waals surface area contributed by atoms with Gasteiger partial charge in [-0.05, 0) is 29.8 Å². The Hall–Kier alpha value is -3.19. The molecular weight excluding hydrogens is 450 g/mol. The van der Waals surface area contributed by atoms with Crippen molar-refractivity contribution in [3.8, 4) is 11.8 Å². The van der Waals surface area contributed by atoms with E-state index < -0.39 is 15.4 Å². The number of halogens is 1. The van der Waals surface area contributed by atoms with Gasteiger partial charge in [-0.2, -0.15) is 10.4 Å². The Morgan fingerprint density at radius 3 is 2.50 bits per heavy atom. The van der Waals surface area contributed by atoms with Gasteiger partial charge in [0, 0.05) is 22.3 Å². The average molecular weight is 472 g/mol. The second kappa shape index (κ2) is 8.74. The number of nitrogens with one attached hydrogen (secondary N) is 1. The average Bonchev–Trinajstić information content (AvgIpc) is 3.14. The highest BCUT2D eigenvalue weighted by Gasteiger charge is 2.25. The van der Waals surface area contributed by atoms with Gasteiger partial charge in [-0.25, -0.2) is 18.2 Å². The van der Waals surface area contributed by atoms with Crippen LogP contribution in [0.4, 0.5) is 5.69 Å². The van der Waals surface area contributed by atoms with Gasteiger partial charge in [-0.1, -0.05) is 50.6 Å². The number of amides is 1. The number of anilines is 1. The molecule has 0 aliphatic rings. The van der Waals surface area contributed by atoms with Gasteiger partial charge >= 0.3 is 0 Å². The molecule has 10 heteroatoms. The molecule has 0 spiro atoms. The molecule has 0 fully saturated rings. The van der Waals surface area contributed by atoms with E-state index in [0.717, 1.165) is 0 Å². The van der Waals surface area contributed by atoms with Gasteiger partial charge in [-0.3, -0.25) is 4.79 Å². The zero-order valence-corrected chi connectivity index (χ0v) is 19.3. The molecule has 0 unspecified atom stereocenters. The van der Waals surface area contributed by atoms with Crippen molar-refractivity contribution in [2.24, 2.45) is 5.14 Å². The SMILES string of the molecule is CC(C)(C)c1nn(-c2ccc(NC(=O)Cc3ccccc3Cl)cc2S(N)(=O)=O)cc1C#N. The fraction of sp³-hybridized carbons (Fsp3) is 0.227. The molecule has 0 aliphatic heterocycles. The van der Waals surface area contributed by atoms with Crippen LogP contribution in [0.1, 0.15) is 37.6 Å². The number of hydrogen-bond donors (Lipinski definition) is 2. The number of carbonyl (C=O) groups excluding carboxylic acids is 1. The van der Waals surface area contributed by atoms with Gasteiger partial charge in [0.2, 0.25) is 15.9 Å². The molecule has 8 nitrogen and oxygen atoms in total. The van der Waals surface area contributed by atoms with Crippen molar-refractivity contribution < 1.29 is 13.2 Å². The lowest BCUT2D eigenvalue weighted by molar-refractivity contribution is -0.115. The third-order valence-electron chi connectivity index (χ3n) is 4.65. The number of carbonyl (C=O) groups is 1. The first-order chi connectivity index (χ1) is 14.9. The predicted octanol–water partition coefficient (Wildman–Crippen LogP) is 3.52. The molecule has 3 aromatic rings. The number of aromatic nitrogens is 2. The minimum atomic E-state index is -4.17. The van der Waals surface area contributed by atoms with Crippen molar-refractivity contribution in [1.82, 2.24) is 9.78 Å². The summed E-state index contributed by atoms with van der Waals surface area (Å²) in [5.74, 6) is -0.368. The number of nitrogens with two attached hydrogens (primary N) is 1. The highest BCUT2D eigenvalue weighted by atomic mass is 35.5. The lowest BCUT2D eigenvalue weighted by atomic mass is 9.90. The zero-order valence-electron chi connectivity index (χ0n) is 17.8. The summed E-state index contributed by atoms with van der Waals surface area (Å²) in [7, 11) is -4.17. The van der Waals surface area contributed by atoms with Crippen molar-refractivity contribution in [2.75, 3.05) is 5.32 Å². The molecule has 0 aliphatic carbocycles. The second-order valence-electron chi connectivity index (χ2n) is 8.24. The molecule has 166 valence electrons. The largest absolute Gasteiger partial charge is 0.326 e. The molecule has 2 aromatic carbocycles. The topological polar surface area (TPSA) is 131 Å². The molecule has 0 saturated carbocycles. The van der Waals surface area contributed by atoms with Gasteiger partial charge in [0.15, 0.2) is 0 Å². The molecule has 3 rings (SSSR count). The van der Waals surface area contributed by atoms with E-state index in [9.17, 15) is 18.5 Å². The molecule has 3 N–H and O–H groups in total. The third kappa shape index (κ3) is 5.16. The highest BCUT2D eigenvalue weighted by Crippen LogP contribution is 2.28. The Bertz CT molecular complexity index is 1330. The zero-order chi connectivity index (χ0) is 23.7. The number of hydrogen-bond acceptors (Lipinski definition) is 5.